The molecule has 1 aromatic heterocycles. The van der Waals surface area contributed by atoms with Crippen LogP contribution < -0.4 is 10.0 Å². The molecule has 29 heavy (non-hydrogen) atoms. The number of aromatic nitrogens is 1. The molecule has 0 bridgehead atoms. The Kier molecular flexibility index (Phi) is 5.81. The molecule has 9 heteroatoms. The molecule has 2 aromatic rings. The Labute approximate surface area is 175 Å². The number of anilines is 2. The average Bonchev–Trinajstić information content (AvgIpc) is 3.38. The van der Waals surface area contributed by atoms with Gasteiger partial charge in [0.2, 0.25) is 0 Å². The maximum atomic E-state index is 15.0. The summed E-state index contributed by atoms with van der Waals surface area (Å²) in [5.41, 5.74) is 1.63. The van der Waals surface area contributed by atoms with Crippen LogP contribution in [-0.2, 0) is 10.0 Å². The number of rotatable bonds is 7. The summed E-state index contributed by atoms with van der Waals surface area (Å²) in [6.45, 7) is 0. The summed E-state index contributed by atoms with van der Waals surface area (Å²) >= 11 is 1.16. The highest BCUT2D eigenvalue weighted by Gasteiger charge is 2.33. The minimum absolute atomic E-state index is 0.228. The molecule has 2 atom stereocenters. The fourth-order valence-corrected chi connectivity index (χ4v) is 6.06. The van der Waals surface area contributed by atoms with Crippen molar-refractivity contribution in [1.82, 2.24) is 9.88 Å². The van der Waals surface area contributed by atoms with Crippen LogP contribution in [0.5, 0.6) is 0 Å². The van der Waals surface area contributed by atoms with E-state index < -0.39 is 15.8 Å². The van der Waals surface area contributed by atoms with E-state index in [4.69, 9.17) is 0 Å². The van der Waals surface area contributed by atoms with Crippen molar-refractivity contribution in [2.75, 3.05) is 24.1 Å². The molecule has 0 aliphatic heterocycles. The Balaban J connectivity index is 1.65. The maximum absolute atomic E-state index is 15.0. The molecule has 0 spiro atoms. The van der Waals surface area contributed by atoms with Gasteiger partial charge in [-0.05, 0) is 63.4 Å². The highest BCUT2D eigenvalue weighted by atomic mass is 32.2. The van der Waals surface area contributed by atoms with Crippen LogP contribution >= 0.6 is 11.3 Å². The van der Waals surface area contributed by atoms with Crippen LogP contribution in [0.3, 0.4) is 0 Å². The molecule has 2 N–H and O–H groups in total. The molecule has 1 aromatic carbocycles. The third-order valence-corrected chi connectivity index (χ3v) is 7.97. The van der Waals surface area contributed by atoms with E-state index in [-0.39, 0.29) is 22.0 Å². The van der Waals surface area contributed by atoms with Crippen molar-refractivity contribution < 1.29 is 12.8 Å². The number of benzene rings is 1. The van der Waals surface area contributed by atoms with Crippen molar-refractivity contribution in [2.45, 2.75) is 61.4 Å². The van der Waals surface area contributed by atoms with E-state index >= 15 is 0 Å². The van der Waals surface area contributed by atoms with Gasteiger partial charge in [0.1, 0.15) is 10.7 Å². The zero-order valence-corrected chi connectivity index (χ0v) is 18.3. The van der Waals surface area contributed by atoms with E-state index in [9.17, 15) is 12.8 Å². The topological polar surface area (TPSA) is 74.3 Å². The molecule has 158 valence electrons. The second kappa shape index (κ2) is 8.20. The first kappa shape index (κ1) is 20.6. The molecule has 2 aliphatic rings. The standard InChI is InChI=1S/C20H27FN4O2S2/c1-25(2)18-6-4-3-5-16(18)23-17-12-15(21)19(11-14(17)13-7-8-13)29(26,27)24-20-22-9-10-28-20/h9-13,16,18,23H,3-8H2,1-2H3,(H,22,24)/t16-,18-/m0/s1. The SMILES string of the molecule is CN(C)[C@H]1CCCC[C@@H]1Nc1cc(F)c(S(=O)(=O)Nc2nccs2)cc1C1CC1. The molecular weight excluding hydrogens is 411 g/mol. The lowest BCUT2D eigenvalue weighted by Gasteiger charge is -2.37. The normalized spacial score (nSPS) is 22.6. The number of thiazole rings is 1. The first-order valence-corrected chi connectivity index (χ1v) is 12.4. The highest BCUT2D eigenvalue weighted by molar-refractivity contribution is 7.93. The number of nitrogens with one attached hydrogen (secondary N) is 2. The van der Waals surface area contributed by atoms with Crippen LogP contribution in [0.4, 0.5) is 15.2 Å². The largest absolute Gasteiger partial charge is 0.380 e. The molecule has 0 radical (unpaired) electrons. The Morgan fingerprint density at radius 1 is 1.17 bits per heavy atom. The van der Waals surface area contributed by atoms with Gasteiger partial charge in [0.15, 0.2) is 5.13 Å². The molecule has 2 fully saturated rings. The minimum atomic E-state index is -4.03. The third kappa shape index (κ3) is 4.57. The summed E-state index contributed by atoms with van der Waals surface area (Å²) < 4.78 is 42.8. The van der Waals surface area contributed by atoms with Gasteiger partial charge in [-0.2, -0.15) is 0 Å². The number of likely N-dealkylation sites (N-methyl/N-ethyl adjacent to an activating group) is 1. The van der Waals surface area contributed by atoms with Crippen molar-refractivity contribution in [2.24, 2.45) is 0 Å². The second-order valence-corrected chi connectivity index (χ2v) is 10.7. The van der Waals surface area contributed by atoms with E-state index in [2.05, 4.69) is 34.0 Å². The van der Waals surface area contributed by atoms with E-state index in [1.807, 2.05) is 0 Å². The number of halogens is 1. The van der Waals surface area contributed by atoms with Gasteiger partial charge in [0.05, 0.1) is 0 Å². The predicted octanol–water partition coefficient (Wildman–Crippen LogP) is 4.25. The first-order chi connectivity index (χ1) is 13.8. The van der Waals surface area contributed by atoms with E-state index in [0.717, 1.165) is 54.7 Å². The zero-order valence-electron chi connectivity index (χ0n) is 16.7. The summed E-state index contributed by atoms with van der Waals surface area (Å²) in [5.74, 6) is -0.452. The van der Waals surface area contributed by atoms with Crippen LogP contribution in [0, 0.1) is 5.82 Å². The fourth-order valence-electron chi connectivity index (χ4n) is 4.17. The van der Waals surface area contributed by atoms with Gasteiger partial charge in [0.25, 0.3) is 10.0 Å². The van der Waals surface area contributed by atoms with Gasteiger partial charge in [0, 0.05) is 29.3 Å². The molecule has 4 rings (SSSR count). The number of hydrogen-bond donors (Lipinski definition) is 2. The van der Waals surface area contributed by atoms with Crippen LogP contribution in [0.15, 0.2) is 28.6 Å². The van der Waals surface area contributed by atoms with Gasteiger partial charge in [-0.15, -0.1) is 11.3 Å². The summed E-state index contributed by atoms with van der Waals surface area (Å²) in [7, 11) is 0.123. The number of sulfonamides is 1. The van der Waals surface area contributed by atoms with Gasteiger partial charge in [-0.25, -0.2) is 17.8 Å². The van der Waals surface area contributed by atoms with Crippen molar-refractivity contribution in [3.63, 3.8) is 0 Å². The van der Waals surface area contributed by atoms with Crippen molar-refractivity contribution in [3.8, 4) is 0 Å². The van der Waals surface area contributed by atoms with Gasteiger partial charge < -0.3 is 10.2 Å². The minimum Gasteiger partial charge on any atom is -0.380 e. The molecule has 1 heterocycles. The Hall–Kier alpha value is -1.71. The monoisotopic (exact) mass is 438 g/mol. The van der Waals surface area contributed by atoms with Crippen molar-refractivity contribution in [3.05, 3.63) is 35.1 Å². The van der Waals surface area contributed by atoms with Crippen LogP contribution in [0.2, 0.25) is 0 Å². The summed E-state index contributed by atoms with van der Waals surface area (Å²) in [4.78, 5) is 5.85. The maximum Gasteiger partial charge on any atom is 0.266 e. The molecule has 0 amide bonds. The predicted molar refractivity (Wildman–Crippen MR) is 115 cm³/mol. The quantitative estimate of drug-likeness (QED) is 0.676. The van der Waals surface area contributed by atoms with E-state index in [1.54, 1.807) is 5.38 Å². The molecular formula is C20H27FN4O2S2. The van der Waals surface area contributed by atoms with Crippen molar-refractivity contribution in [1.29, 1.82) is 0 Å². The van der Waals surface area contributed by atoms with E-state index in [0.29, 0.717) is 6.04 Å². The summed E-state index contributed by atoms with van der Waals surface area (Å²) in [6, 6.07) is 3.49. The van der Waals surface area contributed by atoms with E-state index in [1.165, 1.54) is 24.8 Å². The smallest absolute Gasteiger partial charge is 0.266 e. The second-order valence-electron chi connectivity index (χ2n) is 8.15. The summed E-state index contributed by atoms with van der Waals surface area (Å²) in [5, 5.41) is 5.46. The molecule has 0 saturated heterocycles. The lowest BCUT2D eigenvalue weighted by molar-refractivity contribution is 0.211. The molecule has 2 saturated carbocycles. The lowest BCUT2D eigenvalue weighted by Crippen LogP contribution is -2.45. The van der Waals surface area contributed by atoms with Crippen molar-refractivity contribution >= 4 is 32.2 Å². The van der Waals surface area contributed by atoms with Crippen LogP contribution in [0.1, 0.15) is 50.0 Å². The molecule has 0 unspecified atom stereocenters. The third-order valence-electron chi connectivity index (χ3n) is 5.80. The van der Waals surface area contributed by atoms with Crippen LogP contribution in [0.25, 0.3) is 0 Å². The fraction of sp³-hybridized carbons (Fsp3) is 0.550. The molecule has 2 aliphatic carbocycles. The Morgan fingerprint density at radius 3 is 2.59 bits per heavy atom. The molecule has 6 nitrogen and oxygen atoms in total. The summed E-state index contributed by atoms with van der Waals surface area (Å²) in [6.07, 6.45) is 7.99. The first-order valence-electron chi connectivity index (χ1n) is 10.0. The van der Waals surface area contributed by atoms with Gasteiger partial charge in [-0.1, -0.05) is 12.8 Å². The zero-order chi connectivity index (χ0) is 20.6. The Morgan fingerprint density at radius 2 is 1.93 bits per heavy atom. The highest BCUT2D eigenvalue weighted by Crippen LogP contribution is 2.45. The van der Waals surface area contributed by atoms with Crippen LogP contribution in [-0.4, -0.2) is 44.5 Å². The number of nitrogens with zero attached hydrogens (tertiary/aromatic N) is 2. The van der Waals surface area contributed by atoms with Gasteiger partial charge >= 0.3 is 0 Å². The Bertz CT molecular complexity index is 959. The van der Waals surface area contributed by atoms with Gasteiger partial charge in [-0.3, -0.25) is 4.72 Å². The number of hydrogen-bond acceptors (Lipinski definition) is 6. The lowest BCUT2D eigenvalue weighted by atomic mass is 9.89. The average molecular weight is 439 g/mol.